The van der Waals surface area contributed by atoms with Gasteiger partial charge in [0.2, 0.25) is 0 Å². The first-order chi connectivity index (χ1) is 11.8. The van der Waals surface area contributed by atoms with Gasteiger partial charge in [-0.2, -0.15) is 0 Å². The predicted molar refractivity (Wildman–Crippen MR) is 81.4 cm³/mol. The number of amides is 2. The van der Waals surface area contributed by atoms with E-state index in [-0.39, 0.29) is 11.3 Å². The molecule has 6 nitrogen and oxygen atoms in total. The lowest BCUT2D eigenvalue weighted by Crippen LogP contribution is -2.30. The molecule has 0 spiro atoms. The van der Waals surface area contributed by atoms with Crippen LogP contribution in [0, 0.1) is 17.5 Å². The number of carbonyl (C=O) groups excluding carboxylic acids is 3. The van der Waals surface area contributed by atoms with Gasteiger partial charge in [0.1, 0.15) is 0 Å². The average Bonchev–Trinajstić information content (AvgIpc) is 2.61. The number of carbonyl (C=O) groups is 3. The molecule has 0 radical (unpaired) electrons. The van der Waals surface area contributed by atoms with E-state index in [1.165, 1.54) is 24.3 Å². The highest BCUT2D eigenvalue weighted by Gasteiger charge is 2.21. The van der Waals surface area contributed by atoms with Gasteiger partial charge in [-0.05, 0) is 24.3 Å². The summed E-state index contributed by atoms with van der Waals surface area (Å²) < 4.78 is 44.0. The summed E-state index contributed by atoms with van der Waals surface area (Å²) in [6.45, 7) is 0. The number of hydrogen-bond acceptors (Lipinski definition) is 4. The van der Waals surface area contributed by atoms with E-state index in [0.717, 1.165) is 13.2 Å². The third-order valence-electron chi connectivity index (χ3n) is 3.07. The molecule has 0 saturated carbocycles. The fourth-order valence-corrected chi connectivity index (χ4v) is 1.86. The van der Waals surface area contributed by atoms with Gasteiger partial charge in [0.05, 0.1) is 24.0 Å². The standard InChI is InChI=1S/C16H11F3N2O4/c1-25-16(24)8-4-2-3-5-10(8)20-14(22)15(23)21-11-7-6-9(17)12(18)13(11)19/h2-7H,1H3,(H,20,22)(H,21,23). The highest BCUT2D eigenvalue weighted by atomic mass is 19.2. The zero-order valence-electron chi connectivity index (χ0n) is 12.7. The molecule has 130 valence electrons. The zero-order valence-corrected chi connectivity index (χ0v) is 12.7. The van der Waals surface area contributed by atoms with Crippen molar-refractivity contribution in [3.8, 4) is 0 Å². The third kappa shape index (κ3) is 3.94. The Labute approximate surface area is 139 Å². The molecule has 25 heavy (non-hydrogen) atoms. The van der Waals surface area contributed by atoms with Gasteiger partial charge in [-0.25, -0.2) is 18.0 Å². The molecule has 0 bridgehead atoms. The molecule has 2 amide bonds. The van der Waals surface area contributed by atoms with Crippen molar-refractivity contribution in [1.82, 2.24) is 0 Å². The van der Waals surface area contributed by atoms with Gasteiger partial charge in [0.15, 0.2) is 17.5 Å². The lowest BCUT2D eigenvalue weighted by molar-refractivity contribution is -0.133. The summed E-state index contributed by atoms with van der Waals surface area (Å²) in [6.07, 6.45) is 0. The van der Waals surface area contributed by atoms with Crippen LogP contribution < -0.4 is 10.6 Å². The summed E-state index contributed by atoms with van der Waals surface area (Å²) in [4.78, 5) is 35.3. The Morgan fingerprint density at radius 2 is 1.44 bits per heavy atom. The lowest BCUT2D eigenvalue weighted by atomic mass is 10.2. The first kappa shape index (κ1) is 18.0. The topological polar surface area (TPSA) is 84.5 Å². The van der Waals surface area contributed by atoms with E-state index in [4.69, 9.17) is 0 Å². The van der Waals surface area contributed by atoms with Crippen LogP contribution in [0.3, 0.4) is 0 Å². The predicted octanol–water partition coefficient (Wildman–Crippen LogP) is 2.47. The summed E-state index contributed by atoms with van der Waals surface area (Å²) in [7, 11) is 1.14. The molecular formula is C16H11F3N2O4. The van der Waals surface area contributed by atoms with Crippen molar-refractivity contribution < 1.29 is 32.3 Å². The minimum atomic E-state index is -1.78. The second-order valence-electron chi connectivity index (χ2n) is 4.67. The number of rotatable bonds is 3. The number of nitrogens with one attached hydrogen (secondary N) is 2. The van der Waals surface area contributed by atoms with Gasteiger partial charge in [0, 0.05) is 0 Å². The van der Waals surface area contributed by atoms with E-state index in [1.807, 2.05) is 5.32 Å². The zero-order chi connectivity index (χ0) is 18.6. The Kier molecular flexibility index (Phi) is 5.38. The molecule has 2 aromatic rings. The minimum absolute atomic E-state index is 0.00911. The monoisotopic (exact) mass is 352 g/mol. The highest BCUT2D eigenvalue weighted by molar-refractivity contribution is 6.44. The van der Waals surface area contributed by atoms with Crippen molar-refractivity contribution in [2.45, 2.75) is 0 Å². The van der Waals surface area contributed by atoms with E-state index < -0.39 is 40.9 Å². The molecule has 9 heteroatoms. The van der Waals surface area contributed by atoms with Crippen LogP contribution >= 0.6 is 0 Å². The van der Waals surface area contributed by atoms with Crippen LogP contribution in [-0.2, 0) is 14.3 Å². The average molecular weight is 352 g/mol. The Morgan fingerprint density at radius 1 is 0.840 bits per heavy atom. The normalized spacial score (nSPS) is 10.1. The van der Waals surface area contributed by atoms with Gasteiger partial charge >= 0.3 is 17.8 Å². The number of methoxy groups -OCH3 is 1. The second-order valence-corrected chi connectivity index (χ2v) is 4.67. The maximum absolute atomic E-state index is 13.5. The minimum Gasteiger partial charge on any atom is -0.465 e. The molecule has 0 heterocycles. The third-order valence-corrected chi connectivity index (χ3v) is 3.07. The maximum Gasteiger partial charge on any atom is 0.339 e. The van der Waals surface area contributed by atoms with Gasteiger partial charge in [-0.3, -0.25) is 9.59 Å². The first-order valence-corrected chi connectivity index (χ1v) is 6.78. The molecule has 0 aliphatic rings. The molecule has 0 unspecified atom stereocenters. The molecule has 0 aliphatic carbocycles. The Hall–Kier alpha value is -3.36. The summed E-state index contributed by atoms with van der Waals surface area (Å²) in [5.41, 5.74) is -0.731. The summed E-state index contributed by atoms with van der Waals surface area (Å²) in [5.74, 6) is -8.20. The largest absolute Gasteiger partial charge is 0.465 e. The molecule has 2 rings (SSSR count). The van der Waals surface area contributed by atoms with Crippen LogP contribution in [0.4, 0.5) is 24.5 Å². The Morgan fingerprint density at radius 3 is 2.08 bits per heavy atom. The molecule has 0 saturated heterocycles. The molecule has 0 atom stereocenters. The fraction of sp³-hybridized carbons (Fsp3) is 0.0625. The number of esters is 1. The smallest absolute Gasteiger partial charge is 0.339 e. The van der Waals surface area contributed by atoms with Crippen LogP contribution in [0.1, 0.15) is 10.4 Å². The molecule has 0 fully saturated rings. The SMILES string of the molecule is COC(=O)c1ccccc1NC(=O)C(=O)Nc1ccc(F)c(F)c1F. The van der Waals surface area contributed by atoms with E-state index in [2.05, 4.69) is 10.1 Å². The van der Waals surface area contributed by atoms with Crippen molar-refractivity contribution in [2.75, 3.05) is 17.7 Å². The first-order valence-electron chi connectivity index (χ1n) is 6.78. The van der Waals surface area contributed by atoms with Crippen LogP contribution in [0.15, 0.2) is 36.4 Å². The van der Waals surface area contributed by atoms with Crippen LogP contribution in [-0.4, -0.2) is 24.9 Å². The van der Waals surface area contributed by atoms with Crippen molar-refractivity contribution in [2.24, 2.45) is 0 Å². The van der Waals surface area contributed by atoms with Gasteiger partial charge in [0.25, 0.3) is 0 Å². The number of hydrogen-bond donors (Lipinski definition) is 2. The van der Waals surface area contributed by atoms with E-state index >= 15 is 0 Å². The molecule has 0 aromatic heterocycles. The summed E-state index contributed by atoms with van der Waals surface area (Å²) in [5, 5.41) is 3.96. The van der Waals surface area contributed by atoms with E-state index in [0.29, 0.717) is 6.07 Å². The number of para-hydroxylation sites is 1. The van der Waals surface area contributed by atoms with E-state index in [9.17, 15) is 27.6 Å². The number of halogens is 3. The van der Waals surface area contributed by atoms with Gasteiger partial charge < -0.3 is 15.4 Å². The van der Waals surface area contributed by atoms with Crippen LogP contribution in [0.2, 0.25) is 0 Å². The maximum atomic E-state index is 13.5. The molecule has 0 aliphatic heterocycles. The van der Waals surface area contributed by atoms with Crippen molar-refractivity contribution >= 4 is 29.2 Å². The Bertz CT molecular complexity index is 855. The number of anilines is 2. The Balaban J connectivity index is 2.16. The summed E-state index contributed by atoms with van der Waals surface area (Å²) >= 11 is 0. The molecular weight excluding hydrogens is 341 g/mol. The van der Waals surface area contributed by atoms with Gasteiger partial charge in [-0.15, -0.1) is 0 Å². The summed E-state index contributed by atoms with van der Waals surface area (Å²) in [6, 6.07) is 7.07. The second kappa shape index (κ2) is 7.47. The number of benzene rings is 2. The highest BCUT2D eigenvalue weighted by Crippen LogP contribution is 2.20. The lowest BCUT2D eigenvalue weighted by Gasteiger charge is -2.10. The van der Waals surface area contributed by atoms with Crippen molar-refractivity contribution in [3.05, 3.63) is 59.4 Å². The molecule has 2 aromatic carbocycles. The number of ether oxygens (including phenoxy) is 1. The van der Waals surface area contributed by atoms with Crippen molar-refractivity contribution in [3.63, 3.8) is 0 Å². The van der Waals surface area contributed by atoms with Crippen molar-refractivity contribution in [1.29, 1.82) is 0 Å². The van der Waals surface area contributed by atoms with Crippen LogP contribution in [0.25, 0.3) is 0 Å². The fourth-order valence-electron chi connectivity index (χ4n) is 1.86. The quantitative estimate of drug-likeness (QED) is 0.505. The van der Waals surface area contributed by atoms with Gasteiger partial charge in [-0.1, -0.05) is 12.1 Å². The van der Waals surface area contributed by atoms with Crippen LogP contribution in [0.5, 0.6) is 0 Å². The van der Waals surface area contributed by atoms with E-state index in [1.54, 1.807) is 0 Å². The molecule has 2 N–H and O–H groups in total.